The first-order valence-electron chi connectivity index (χ1n) is 5.31. The second-order valence-electron chi connectivity index (χ2n) is 3.87. The maximum Gasteiger partial charge on any atom is 0.272 e. The quantitative estimate of drug-likeness (QED) is 0.837. The van der Waals surface area contributed by atoms with Gasteiger partial charge in [0.2, 0.25) is 5.88 Å². The number of nitrogens with zero attached hydrogens (tertiary/aromatic N) is 1. The van der Waals surface area contributed by atoms with Gasteiger partial charge in [-0.05, 0) is 30.9 Å². The number of pyridine rings is 1. The van der Waals surface area contributed by atoms with Gasteiger partial charge >= 0.3 is 0 Å². The van der Waals surface area contributed by atoms with Crippen molar-refractivity contribution in [2.45, 2.75) is 25.7 Å². The topological polar surface area (TPSA) is 48.1 Å². The number of aryl methyl sites for hydroxylation is 2. The monoisotopic (exact) mass is 258 g/mol. The summed E-state index contributed by atoms with van der Waals surface area (Å²) in [6.07, 6.45) is 0.242. The third kappa shape index (κ3) is 2.69. The highest BCUT2D eigenvalue weighted by molar-refractivity contribution is 7.80. The number of hydrogen-bond acceptors (Lipinski definition) is 3. The lowest BCUT2D eigenvalue weighted by Crippen LogP contribution is -2.16. The van der Waals surface area contributed by atoms with Gasteiger partial charge in [-0.2, -0.15) is 0 Å². The Balaban J connectivity index is 2.31. The van der Waals surface area contributed by atoms with Gasteiger partial charge in [-0.15, -0.1) is 0 Å². The number of rotatable bonds is 4. The summed E-state index contributed by atoms with van der Waals surface area (Å²) in [7, 11) is 0. The maximum absolute atomic E-state index is 12.1. The van der Waals surface area contributed by atoms with Gasteiger partial charge in [0.1, 0.15) is 4.99 Å². The van der Waals surface area contributed by atoms with Crippen LogP contribution in [0.3, 0.4) is 0 Å². The molecular formula is C11H12F2N2OS. The molecule has 1 aromatic rings. The number of fused-ring (bicyclic) bond motifs is 1. The third-order valence-corrected chi connectivity index (χ3v) is 2.85. The number of ether oxygens (including phenoxy) is 1. The molecule has 2 rings (SSSR count). The first-order valence-corrected chi connectivity index (χ1v) is 5.72. The minimum Gasteiger partial charge on any atom is -0.471 e. The minimum absolute atomic E-state index is 0.122. The van der Waals surface area contributed by atoms with E-state index < -0.39 is 13.0 Å². The molecule has 0 spiro atoms. The Morgan fingerprint density at radius 2 is 2.29 bits per heavy atom. The fourth-order valence-corrected chi connectivity index (χ4v) is 2.03. The van der Waals surface area contributed by atoms with Crippen molar-refractivity contribution in [3.63, 3.8) is 0 Å². The second kappa shape index (κ2) is 4.91. The highest BCUT2D eigenvalue weighted by Gasteiger charge is 2.19. The van der Waals surface area contributed by atoms with Crippen LogP contribution in [0.5, 0.6) is 5.88 Å². The van der Waals surface area contributed by atoms with Crippen molar-refractivity contribution in [3.05, 3.63) is 22.9 Å². The molecule has 0 aliphatic heterocycles. The highest BCUT2D eigenvalue weighted by atomic mass is 32.1. The van der Waals surface area contributed by atoms with Crippen LogP contribution in [0.15, 0.2) is 6.07 Å². The van der Waals surface area contributed by atoms with Gasteiger partial charge in [0.05, 0.1) is 5.56 Å². The first-order chi connectivity index (χ1) is 8.08. The van der Waals surface area contributed by atoms with Crippen LogP contribution >= 0.6 is 12.2 Å². The van der Waals surface area contributed by atoms with E-state index in [-0.39, 0.29) is 10.9 Å². The number of thiocarbonyl (C=S) groups is 1. The molecule has 0 unspecified atom stereocenters. The van der Waals surface area contributed by atoms with Crippen molar-refractivity contribution < 1.29 is 13.5 Å². The summed E-state index contributed by atoms with van der Waals surface area (Å²) in [6, 6.07) is 1.80. The van der Waals surface area contributed by atoms with Crippen LogP contribution in [-0.4, -0.2) is 23.0 Å². The molecule has 0 aromatic carbocycles. The molecule has 1 aromatic heterocycles. The van der Waals surface area contributed by atoms with Gasteiger partial charge in [-0.3, -0.25) is 0 Å². The van der Waals surface area contributed by atoms with Crippen LogP contribution in [0.25, 0.3) is 0 Å². The average Bonchev–Trinajstić information content (AvgIpc) is 2.71. The van der Waals surface area contributed by atoms with Gasteiger partial charge in [0, 0.05) is 5.69 Å². The van der Waals surface area contributed by atoms with Crippen LogP contribution in [-0.2, 0) is 12.8 Å². The summed E-state index contributed by atoms with van der Waals surface area (Å²) in [5.74, 6) is 0.124. The first kappa shape index (κ1) is 12.2. The van der Waals surface area contributed by atoms with Crippen LogP contribution in [0.1, 0.15) is 23.2 Å². The van der Waals surface area contributed by atoms with Crippen molar-refractivity contribution in [3.8, 4) is 5.88 Å². The second-order valence-corrected chi connectivity index (χ2v) is 4.31. The molecule has 0 fully saturated rings. The number of alkyl halides is 2. The normalized spacial score (nSPS) is 13.8. The van der Waals surface area contributed by atoms with Crippen molar-refractivity contribution in [1.82, 2.24) is 4.98 Å². The molecule has 2 N–H and O–H groups in total. The molecule has 0 bridgehead atoms. The molecule has 0 amide bonds. The van der Waals surface area contributed by atoms with E-state index in [1.54, 1.807) is 6.07 Å². The molecule has 1 heterocycles. The van der Waals surface area contributed by atoms with E-state index in [9.17, 15) is 8.78 Å². The summed E-state index contributed by atoms with van der Waals surface area (Å²) in [4.78, 5) is 4.35. The summed E-state index contributed by atoms with van der Waals surface area (Å²) in [5, 5.41) is 0. The Morgan fingerprint density at radius 3 is 2.94 bits per heavy atom. The SMILES string of the molecule is NC(=S)c1cc2c(nc1OCC(F)F)CCC2. The van der Waals surface area contributed by atoms with Crippen molar-refractivity contribution >= 4 is 17.2 Å². The number of aromatic nitrogens is 1. The van der Waals surface area contributed by atoms with E-state index in [0.717, 1.165) is 30.5 Å². The van der Waals surface area contributed by atoms with E-state index in [2.05, 4.69) is 4.98 Å². The summed E-state index contributed by atoms with van der Waals surface area (Å²) in [5.41, 5.74) is 7.96. The largest absolute Gasteiger partial charge is 0.471 e. The Morgan fingerprint density at radius 1 is 1.53 bits per heavy atom. The highest BCUT2D eigenvalue weighted by Crippen LogP contribution is 2.26. The molecule has 0 saturated carbocycles. The zero-order valence-electron chi connectivity index (χ0n) is 9.08. The van der Waals surface area contributed by atoms with E-state index in [1.165, 1.54) is 0 Å². The summed E-state index contributed by atoms with van der Waals surface area (Å²) in [6.45, 7) is -0.693. The van der Waals surface area contributed by atoms with Gasteiger partial charge in [0.25, 0.3) is 6.43 Å². The van der Waals surface area contributed by atoms with Crippen molar-refractivity contribution in [1.29, 1.82) is 0 Å². The number of hydrogen-bond donors (Lipinski definition) is 1. The van der Waals surface area contributed by atoms with E-state index in [4.69, 9.17) is 22.7 Å². The maximum atomic E-state index is 12.1. The van der Waals surface area contributed by atoms with E-state index >= 15 is 0 Å². The van der Waals surface area contributed by atoms with Gasteiger partial charge in [-0.1, -0.05) is 12.2 Å². The molecule has 17 heavy (non-hydrogen) atoms. The fraction of sp³-hybridized carbons (Fsp3) is 0.455. The Hall–Kier alpha value is -1.30. The predicted octanol–water partition coefficient (Wildman–Crippen LogP) is 1.85. The molecule has 3 nitrogen and oxygen atoms in total. The zero-order chi connectivity index (χ0) is 12.4. The molecule has 0 radical (unpaired) electrons. The molecule has 1 aliphatic carbocycles. The van der Waals surface area contributed by atoms with E-state index in [0.29, 0.717) is 5.56 Å². The third-order valence-electron chi connectivity index (χ3n) is 2.63. The van der Waals surface area contributed by atoms with Crippen molar-refractivity contribution in [2.75, 3.05) is 6.61 Å². The Kier molecular flexibility index (Phi) is 3.51. The van der Waals surface area contributed by atoms with Gasteiger partial charge < -0.3 is 10.5 Å². The standard InChI is InChI=1S/C11H12F2N2OS/c12-9(13)5-16-11-7(10(14)17)4-6-2-1-3-8(6)15-11/h4,9H,1-3,5H2,(H2,14,17). The fourth-order valence-electron chi connectivity index (χ4n) is 1.88. The van der Waals surface area contributed by atoms with Crippen LogP contribution in [0.2, 0.25) is 0 Å². The lowest BCUT2D eigenvalue weighted by Gasteiger charge is -2.11. The smallest absolute Gasteiger partial charge is 0.272 e. The zero-order valence-corrected chi connectivity index (χ0v) is 9.90. The van der Waals surface area contributed by atoms with Crippen molar-refractivity contribution in [2.24, 2.45) is 5.73 Å². The van der Waals surface area contributed by atoms with Crippen LogP contribution < -0.4 is 10.5 Å². The minimum atomic E-state index is -2.54. The molecule has 0 atom stereocenters. The van der Waals surface area contributed by atoms with Gasteiger partial charge in [-0.25, -0.2) is 13.8 Å². The molecule has 0 saturated heterocycles. The summed E-state index contributed by atoms with van der Waals surface area (Å²) < 4.78 is 29.2. The average molecular weight is 258 g/mol. The Bertz CT molecular complexity index is 451. The van der Waals surface area contributed by atoms with E-state index in [1.807, 2.05) is 0 Å². The molecule has 6 heteroatoms. The Labute approximate surface area is 103 Å². The molecule has 1 aliphatic rings. The number of nitrogens with two attached hydrogens (primary N) is 1. The van der Waals surface area contributed by atoms with Crippen LogP contribution in [0, 0.1) is 0 Å². The summed E-state index contributed by atoms with van der Waals surface area (Å²) >= 11 is 4.87. The lowest BCUT2D eigenvalue weighted by molar-refractivity contribution is 0.0794. The lowest BCUT2D eigenvalue weighted by atomic mass is 10.1. The predicted molar refractivity (Wildman–Crippen MR) is 63.6 cm³/mol. The molecular weight excluding hydrogens is 246 g/mol. The molecule has 92 valence electrons. The van der Waals surface area contributed by atoms with Crippen LogP contribution in [0.4, 0.5) is 8.78 Å². The van der Waals surface area contributed by atoms with Gasteiger partial charge in [0.15, 0.2) is 6.61 Å². The number of halogens is 2.